The number of nitrogens with one attached hydrogen (secondary N) is 1. The summed E-state index contributed by atoms with van der Waals surface area (Å²) in [5.41, 5.74) is 5.42. The van der Waals surface area contributed by atoms with Crippen LogP contribution in [0.4, 0.5) is 5.82 Å². The predicted molar refractivity (Wildman–Crippen MR) is 61.6 cm³/mol. The van der Waals surface area contributed by atoms with Crippen LogP contribution in [-0.2, 0) is 4.79 Å². The Morgan fingerprint density at radius 2 is 2.38 bits per heavy atom. The fourth-order valence-electron chi connectivity index (χ4n) is 1.61. The van der Waals surface area contributed by atoms with Gasteiger partial charge in [-0.1, -0.05) is 11.8 Å². The molecule has 2 heterocycles. The Morgan fingerprint density at radius 1 is 1.62 bits per heavy atom. The number of aromatic nitrogens is 2. The average molecular weight is 240 g/mol. The number of nitrogens with two attached hydrogens (primary N) is 1. The molecule has 0 aliphatic carbocycles. The molecule has 3 N–H and O–H groups in total. The van der Waals surface area contributed by atoms with E-state index in [0.29, 0.717) is 23.9 Å². The summed E-state index contributed by atoms with van der Waals surface area (Å²) < 4.78 is 0. The molecule has 0 saturated carbocycles. The van der Waals surface area contributed by atoms with E-state index in [9.17, 15) is 9.59 Å². The standard InChI is InChI=1S/C9H12N4O2S/c1-16-9-11-6(3-7(14)12-9)13-4-5(10)2-8(13)15/h3,5H,2,4,10H2,1H3,(H,11,12,14). The van der Waals surface area contributed by atoms with Crippen molar-refractivity contribution in [2.75, 3.05) is 17.7 Å². The highest BCUT2D eigenvalue weighted by Gasteiger charge is 2.29. The zero-order valence-electron chi connectivity index (χ0n) is 8.77. The number of rotatable bonds is 2. The van der Waals surface area contributed by atoms with E-state index in [4.69, 9.17) is 5.73 Å². The molecule has 1 aromatic rings. The van der Waals surface area contributed by atoms with Crippen molar-refractivity contribution in [2.24, 2.45) is 5.73 Å². The maximum atomic E-state index is 11.6. The SMILES string of the molecule is CSc1nc(N2CC(N)CC2=O)cc(=O)[nH]1. The van der Waals surface area contributed by atoms with Crippen LogP contribution in [0.15, 0.2) is 16.0 Å². The lowest BCUT2D eigenvalue weighted by Gasteiger charge is -2.14. The fraction of sp³-hybridized carbons (Fsp3) is 0.444. The Hall–Kier alpha value is -1.34. The molecule has 2 rings (SSSR count). The van der Waals surface area contributed by atoms with Crippen molar-refractivity contribution in [3.8, 4) is 0 Å². The van der Waals surface area contributed by atoms with Gasteiger partial charge in [-0.2, -0.15) is 0 Å². The first-order chi connectivity index (χ1) is 7.60. The van der Waals surface area contributed by atoms with Crippen LogP contribution >= 0.6 is 11.8 Å². The first-order valence-electron chi connectivity index (χ1n) is 4.81. The fourth-order valence-corrected chi connectivity index (χ4v) is 2.00. The summed E-state index contributed by atoms with van der Waals surface area (Å²) in [5, 5.41) is 0.496. The molecule has 1 fully saturated rings. The number of H-pyrrole nitrogens is 1. The van der Waals surface area contributed by atoms with E-state index in [1.165, 1.54) is 22.7 Å². The lowest BCUT2D eigenvalue weighted by molar-refractivity contribution is -0.117. The molecule has 0 aromatic carbocycles. The zero-order chi connectivity index (χ0) is 11.7. The maximum absolute atomic E-state index is 11.6. The van der Waals surface area contributed by atoms with Gasteiger partial charge in [0.25, 0.3) is 5.56 Å². The average Bonchev–Trinajstić information content (AvgIpc) is 2.57. The van der Waals surface area contributed by atoms with Crippen molar-refractivity contribution >= 4 is 23.5 Å². The molecule has 0 radical (unpaired) electrons. The lowest BCUT2D eigenvalue weighted by Crippen LogP contribution is -2.30. The summed E-state index contributed by atoms with van der Waals surface area (Å²) >= 11 is 1.32. The molecule has 1 unspecified atom stereocenters. The summed E-state index contributed by atoms with van der Waals surface area (Å²) in [6.45, 7) is 0.420. The molecular formula is C9H12N4O2S. The van der Waals surface area contributed by atoms with Crippen molar-refractivity contribution in [3.05, 3.63) is 16.4 Å². The predicted octanol–water partition coefficient (Wildman–Crippen LogP) is -0.444. The number of hydrogen-bond donors (Lipinski definition) is 2. The molecular weight excluding hydrogens is 228 g/mol. The number of thioether (sulfide) groups is 1. The van der Waals surface area contributed by atoms with E-state index in [2.05, 4.69) is 9.97 Å². The molecule has 1 aliphatic rings. The van der Waals surface area contributed by atoms with E-state index < -0.39 is 0 Å². The summed E-state index contributed by atoms with van der Waals surface area (Å²) in [6, 6.07) is 1.14. The summed E-state index contributed by atoms with van der Waals surface area (Å²) in [6.07, 6.45) is 2.11. The van der Waals surface area contributed by atoms with Crippen molar-refractivity contribution in [2.45, 2.75) is 17.6 Å². The summed E-state index contributed by atoms with van der Waals surface area (Å²) in [7, 11) is 0. The minimum absolute atomic E-state index is 0.0855. The number of carbonyl (C=O) groups excluding carboxylic acids is 1. The third-order valence-corrected chi connectivity index (χ3v) is 2.91. The minimum Gasteiger partial charge on any atom is -0.326 e. The number of anilines is 1. The maximum Gasteiger partial charge on any atom is 0.253 e. The van der Waals surface area contributed by atoms with Gasteiger partial charge < -0.3 is 10.7 Å². The second-order valence-electron chi connectivity index (χ2n) is 3.58. The van der Waals surface area contributed by atoms with Crippen molar-refractivity contribution in [3.63, 3.8) is 0 Å². The zero-order valence-corrected chi connectivity index (χ0v) is 9.58. The highest BCUT2D eigenvalue weighted by molar-refractivity contribution is 7.98. The van der Waals surface area contributed by atoms with Crippen LogP contribution in [0.1, 0.15) is 6.42 Å². The van der Waals surface area contributed by atoms with Crippen LogP contribution in [0, 0.1) is 0 Å². The molecule has 1 amide bonds. The monoisotopic (exact) mass is 240 g/mol. The first-order valence-corrected chi connectivity index (χ1v) is 6.04. The largest absolute Gasteiger partial charge is 0.326 e. The second kappa shape index (κ2) is 4.26. The van der Waals surface area contributed by atoms with Gasteiger partial charge in [-0.3, -0.25) is 14.5 Å². The van der Waals surface area contributed by atoms with Crippen LogP contribution < -0.4 is 16.2 Å². The number of amides is 1. The highest BCUT2D eigenvalue weighted by atomic mass is 32.2. The number of nitrogens with zero attached hydrogens (tertiary/aromatic N) is 2. The Morgan fingerprint density at radius 3 is 2.94 bits per heavy atom. The smallest absolute Gasteiger partial charge is 0.253 e. The second-order valence-corrected chi connectivity index (χ2v) is 4.38. The molecule has 1 atom stereocenters. The molecule has 6 nitrogen and oxygen atoms in total. The molecule has 1 saturated heterocycles. The molecule has 16 heavy (non-hydrogen) atoms. The van der Waals surface area contributed by atoms with Crippen LogP contribution in [0.25, 0.3) is 0 Å². The van der Waals surface area contributed by atoms with Gasteiger partial charge in [0, 0.05) is 25.1 Å². The highest BCUT2D eigenvalue weighted by Crippen LogP contribution is 2.18. The Bertz CT molecular complexity index is 473. The van der Waals surface area contributed by atoms with Gasteiger partial charge >= 0.3 is 0 Å². The van der Waals surface area contributed by atoms with Crippen LogP contribution in [-0.4, -0.2) is 34.7 Å². The van der Waals surface area contributed by atoms with Gasteiger partial charge in [0.05, 0.1) is 0 Å². The number of carbonyl (C=O) groups is 1. The van der Waals surface area contributed by atoms with E-state index in [1.807, 2.05) is 0 Å². The van der Waals surface area contributed by atoms with Crippen LogP contribution in [0.3, 0.4) is 0 Å². The van der Waals surface area contributed by atoms with E-state index in [-0.39, 0.29) is 17.5 Å². The van der Waals surface area contributed by atoms with Crippen molar-refractivity contribution < 1.29 is 4.79 Å². The van der Waals surface area contributed by atoms with Crippen LogP contribution in [0.2, 0.25) is 0 Å². The number of aromatic amines is 1. The van der Waals surface area contributed by atoms with E-state index in [0.717, 1.165) is 0 Å². The molecule has 7 heteroatoms. The van der Waals surface area contributed by atoms with Crippen molar-refractivity contribution in [1.82, 2.24) is 9.97 Å². The quantitative estimate of drug-likeness (QED) is 0.540. The van der Waals surface area contributed by atoms with Gasteiger partial charge in [0.2, 0.25) is 5.91 Å². The molecule has 86 valence electrons. The number of hydrogen-bond acceptors (Lipinski definition) is 5. The Balaban J connectivity index is 2.37. The third-order valence-electron chi connectivity index (χ3n) is 2.33. The van der Waals surface area contributed by atoms with Gasteiger partial charge in [-0.25, -0.2) is 4.98 Å². The van der Waals surface area contributed by atoms with Gasteiger partial charge in [0.15, 0.2) is 5.16 Å². The molecule has 0 bridgehead atoms. The summed E-state index contributed by atoms with van der Waals surface area (Å²) in [4.78, 5) is 31.1. The Labute approximate surface area is 96.2 Å². The summed E-state index contributed by atoms with van der Waals surface area (Å²) in [5.74, 6) is 0.295. The van der Waals surface area contributed by atoms with Crippen LogP contribution in [0.5, 0.6) is 0 Å². The molecule has 0 spiro atoms. The van der Waals surface area contributed by atoms with Crippen molar-refractivity contribution in [1.29, 1.82) is 0 Å². The molecule has 1 aliphatic heterocycles. The van der Waals surface area contributed by atoms with Gasteiger partial charge in [-0.05, 0) is 6.26 Å². The Kier molecular flexibility index (Phi) is 2.97. The van der Waals surface area contributed by atoms with E-state index >= 15 is 0 Å². The minimum atomic E-state index is -0.261. The molecule has 1 aromatic heterocycles. The van der Waals surface area contributed by atoms with Gasteiger partial charge in [-0.15, -0.1) is 0 Å². The normalized spacial score (nSPS) is 20.5. The van der Waals surface area contributed by atoms with E-state index in [1.54, 1.807) is 6.26 Å². The third kappa shape index (κ3) is 2.10. The topological polar surface area (TPSA) is 92.1 Å². The lowest BCUT2D eigenvalue weighted by atomic mass is 10.3. The first kappa shape index (κ1) is 11.2. The van der Waals surface area contributed by atoms with Gasteiger partial charge in [0.1, 0.15) is 5.82 Å².